The predicted octanol–water partition coefficient (Wildman–Crippen LogP) is 2.20. The summed E-state index contributed by atoms with van der Waals surface area (Å²) in [6.45, 7) is 1.94. The Bertz CT molecular complexity index is 490. The van der Waals surface area contributed by atoms with Crippen molar-refractivity contribution in [1.29, 1.82) is 0 Å². The van der Waals surface area contributed by atoms with Crippen LogP contribution in [-0.4, -0.2) is 21.0 Å². The maximum absolute atomic E-state index is 10.6. The highest BCUT2D eigenvalue weighted by Crippen LogP contribution is 2.18. The van der Waals surface area contributed by atoms with Crippen LogP contribution in [0.5, 0.6) is 0 Å². The minimum atomic E-state index is -0.923. The molecule has 0 aliphatic rings. The highest BCUT2D eigenvalue weighted by molar-refractivity contribution is 7.13. The summed E-state index contributed by atoms with van der Waals surface area (Å²) in [7, 11) is 0. The van der Waals surface area contributed by atoms with E-state index in [1.807, 2.05) is 12.3 Å². The third-order valence-corrected chi connectivity index (χ3v) is 3.57. The van der Waals surface area contributed by atoms with Gasteiger partial charge in [0.25, 0.3) is 0 Å². The maximum Gasteiger partial charge on any atom is 0.347 e. The molecule has 0 atom stereocenters. The lowest BCUT2D eigenvalue weighted by Crippen LogP contribution is -1.89. The van der Waals surface area contributed by atoms with Crippen molar-refractivity contribution in [1.82, 2.24) is 9.97 Å². The van der Waals surface area contributed by atoms with Crippen LogP contribution in [0.2, 0.25) is 0 Å². The number of carboxylic acids is 1. The van der Waals surface area contributed by atoms with E-state index < -0.39 is 5.97 Å². The molecule has 6 heteroatoms. The average Bonchev–Trinajstić information content (AvgIpc) is 2.76. The lowest BCUT2D eigenvalue weighted by Gasteiger charge is -1.89. The summed E-state index contributed by atoms with van der Waals surface area (Å²) < 4.78 is 0. The van der Waals surface area contributed by atoms with Crippen molar-refractivity contribution in [3.05, 3.63) is 32.2 Å². The van der Waals surface area contributed by atoms with Gasteiger partial charge in [-0.05, 0) is 6.92 Å². The van der Waals surface area contributed by atoms with Gasteiger partial charge in [-0.1, -0.05) is 0 Å². The number of nitrogens with zero attached hydrogens (tertiary/aromatic N) is 2. The van der Waals surface area contributed by atoms with Crippen molar-refractivity contribution < 1.29 is 9.90 Å². The Morgan fingerprint density at radius 1 is 1.60 bits per heavy atom. The first-order valence-electron chi connectivity index (χ1n) is 4.24. The monoisotopic (exact) mass is 240 g/mol. The van der Waals surface area contributed by atoms with Crippen LogP contribution < -0.4 is 0 Å². The van der Waals surface area contributed by atoms with Crippen LogP contribution in [0.15, 0.2) is 11.6 Å². The molecule has 4 nitrogen and oxygen atoms in total. The van der Waals surface area contributed by atoms with E-state index >= 15 is 0 Å². The molecule has 0 aliphatic carbocycles. The summed E-state index contributed by atoms with van der Waals surface area (Å²) in [5.41, 5.74) is 0.948. The predicted molar refractivity (Wildman–Crippen MR) is 58.7 cm³/mol. The molecule has 2 rings (SSSR count). The molecule has 0 spiro atoms. The number of hydrogen-bond acceptors (Lipinski definition) is 5. The first-order valence-corrected chi connectivity index (χ1v) is 5.94. The van der Waals surface area contributed by atoms with E-state index in [0.717, 1.165) is 15.7 Å². The van der Waals surface area contributed by atoms with E-state index in [1.165, 1.54) is 17.5 Å². The van der Waals surface area contributed by atoms with Gasteiger partial charge in [0.1, 0.15) is 4.88 Å². The maximum atomic E-state index is 10.6. The van der Waals surface area contributed by atoms with Crippen LogP contribution in [0.25, 0.3) is 0 Å². The van der Waals surface area contributed by atoms with Crippen LogP contribution in [-0.2, 0) is 6.42 Å². The SMILES string of the molecule is Cc1nc(Cc2ncc(C(=O)O)s2)cs1. The number of aromatic nitrogens is 2. The Morgan fingerprint density at radius 2 is 2.40 bits per heavy atom. The fourth-order valence-electron chi connectivity index (χ4n) is 1.14. The molecule has 0 aliphatic heterocycles. The van der Waals surface area contributed by atoms with Gasteiger partial charge in [-0.3, -0.25) is 0 Å². The number of hydrogen-bond donors (Lipinski definition) is 1. The summed E-state index contributed by atoms with van der Waals surface area (Å²) in [5, 5.41) is 12.5. The number of aromatic carboxylic acids is 1. The first kappa shape index (κ1) is 10.3. The van der Waals surface area contributed by atoms with E-state index in [4.69, 9.17) is 5.11 Å². The van der Waals surface area contributed by atoms with Gasteiger partial charge >= 0.3 is 5.97 Å². The molecule has 1 N–H and O–H groups in total. The van der Waals surface area contributed by atoms with Crippen molar-refractivity contribution in [3.63, 3.8) is 0 Å². The number of thiazole rings is 2. The largest absolute Gasteiger partial charge is 0.477 e. The van der Waals surface area contributed by atoms with Crippen LogP contribution in [0.4, 0.5) is 0 Å². The van der Waals surface area contributed by atoms with Gasteiger partial charge in [0, 0.05) is 11.8 Å². The van der Waals surface area contributed by atoms with Crippen LogP contribution in [0.3, 0.4) is 0 Å². The molecule has 0 radical (unpaired) electrons. The van der Waals surface area contributed by atoms with E-state index in [-0.39, 0.29) is 4.88 Å². The zero-order chi connectivity index (χ0) is 10.8. The molecule has 0 saturated heterocycles. The van der Waals surface area contributed by atoms with Crippen molar-refractivity contribution >= 4 is 28.6 Å². The molecule has 15 heavy (non-hydrogen) atoms. The van der Waals surface area contributed by atoms with Gasteiger partial charge in [-0.2, -0.15) is 0 Å². The van der Waals surface area contributed by atoms with Crippen LogP contribution >= 0.6 is 22.7 Å². The van der Waals surface area contributed by atoms with E-state index in [1.54, 1.807) is 11.3 Å². The lowest BCUT2D eigenvalue weighted by molar-refractivity contribution is 0.0702. The van der Waals surface area contributed by atoms with Gasteiger partial charge in [0.2, 0.25) is 0 Å². The summed E-state index contributed by atoms with van der Waals surface area (Å²) in [5.74, 6) is -0.923. The van der Waals surface area contributed by atoms with Crippen LogP contribution in [0, 0.1) is 6.92 Å². The third kappa shape index (κ3) is 2.40. The molecular formula is C9H8N2O2S2. The van der Waals surface area contributed by atoms with E-state index in [0.29, 0.717) is 6.42 Å². The van der Waals surface area contributed by atoms with Gasteiger partial charge in [0.05, 0.1) is 21.9 Å². The lowest BCUT2D eigenvalue weighted by atomic mass is 10.3. The molecule has 2 aromatic rings. The smallest absolute Gasteiger partial charge is 0.347 e. The second-order valence-corrected chi connectivity index (χ2v) is 5.14. The normalized spacial score (nSPS) is 10.5. The molecular weight excluding hydrogens is 232 g/mol. The average molecular weight is 240 g/mol. The fraction of sp³-hybridized carbons (Fsp3) is 0.222. The zero-order valence-corrected chi connectivity index (χ0v) is 9.56. The molecule has 0 aromatic carbocycles. The molecule has 0 unspecified atom stereocenters. The van der Waals surface area contributed by atoms with Gasteiger partial charge in [-0.15, -0.1) is 22.7 Å². The molecule has 2 heterocycles. The van der Waals surface area contributed by atoms with Crippen molar-refractivity contribution in [2.75, 3.05) is 0 Å². The van der Waals surface area contributed by atoms with E-state index in [2.05, 4.69) is 9.97 Å². The summed E-state index contributed by atoms with van der Waals surface area (Å²) in [6, 6.07) is 0. The Hall–Kier alpha value is -1.27. The topological polar surface area (TPSA) is 63.1 Å². The summed E-state index contributed by atoms with van der Waals surface area (Å²) in [6.07, 6.45) is 2.00. The third-order valence-electron chi connectivity index (χ3n) is 1.76. The molecule has 0 bridgehead atoms. The Balaban J connectivity index is 2.14. The molecule has 0 amide bonds. The second-order valence-electron chi connectivity index (χ2n) is 2.96. The summed E-state index contributed by atoms with van der Waals surface area (Å²) >= 11 is 2.79. The Kier molecular flexibility index (Phi) is 2.79. The van der Waals surface area contributed by atoms with E-state index in [9.17, 15) is 4.79 Å². The number of aryl methyl sites for hydroxylation is 1. The Morgan fingerprint density at radius 3 is 2.93 bits per heavy atom. The minimum absolute atomic E-state index is 0.275. The van der Waals surface area contributed by atoms with Gasteiger partial charge in [0.15, 0.2) is 0 Å². The highest BCUT2D eigenvalue weighted by Gasteiger charge is 2.09. The number of rotatable bonds is 3. The molecule has 0 fully saturated rings. The second kappa shape index (κ2) is 4.08. The Labute approximate surface area is 94.3 Å². The van der Waals surface area contributed by atoms with Crippen LogP contribution in [0.1, 0.15) is 25.4 Å². The minimum Gasteiger partial charge on any atom is -0.477 e. The zero-order valence-electron chi connectivity index (χ0n) is 7.93. The summed E-state index contributed by atoms with van der Waals surface area (Å²) in [4.78, 5) is 19.2. The standard InChI is InChI=1S/C9H8N2O2S2/c1-5-11-6(4-14-5)2-8-10-3-7(15-8)9(12)13/h3-4H,2H2,1H3,(H,12,13). The highest BCUT2D eigenvalue weighted by atomic mass is 32.1. The number of carboxylic acid groups (broad SMARTS) is 1. The quantitative estimate of drug-likeness (QED) is 0.893. The van der Waals surface area contributed by atoms with Crippen molar-refractivity contribution in [2.45, 2.75) is 13.3 Å². The van der Waals surface area contributed by atoms with Crippen molar-refractivity contribution in [3.8, 4) is 0 Å². The van der Waals surface area contributed by atoms with Crippen molar-refractivity contribution in [2.24, 2.45) is 0 Å². The fourth-order valence-corrected chi connectivity index (χ4v) is 2.52. The van der Waals surface area contributed by atoms with Gasteiger partial charge in [-0.25, -0.2) is 14.8 Å². The molecule has 0 saturated carbocycles. The molecule has 2 aromatic heterocycles. The van der Waals surface area contributed by atoms with Gasteiger partial charge < -0.3 is 5.11 Å². The number of carbonyl (C=O) groups is 1. The molecule has 78 valence electrons. The first-order chi connectivity index (χ1) is 7.15.